The largest absolute Gasteiger partial charge is 0.396 e. The van der Waals surface area contributed by atoms with Crippen LogP contribution >= 0.6 is 12.4 Å². The fraction of sp³-hybridized carbons (Fsp3) is 0.400. The molecule has 0 heterocycles. The summed E-state index contributed by atoms with van der Waals surface area (Å²) in [6.45, 7) is 1.36. The summed E-state index contributed by atoms with van der Waals surface area (Å²) in [5, 5.41) is 8.62. The molecule has 0 fully saturated rings. The highest BCUT2D eigenvalue weighted by atomic mass is 35.5. The molecule has 0 bridgehead atoms. The zero-order valence-corrected chi connectivity index (χ0v) is 9.15. The summed E-state index contributed by atoms with van der Waals surface area (Å²) in [7, 11) is 0. The van der Waals surface area contributed by atoms with Crippen LogP contribution in [0.25, 0.3) is 0 Å². The Balaban J connectivity index is 0.00000196. The van der Waals surface area contributed by atoms with Gasteiger partial charge in [-0.2, -0.15) is 0 Å². The molecule has 5 heteroatoms. The highest BCUT2D eigenvalue weighted by molar-refractivity contribution is 5.85. The Morgan fingerprint density at radius 3 is 2.53 bits per heavy atom. The SMILES string of the molecule is Cc1ccc(F)c([C@@H](N)CCO)c1F.Cl. The molecular formula is C10H14ClF2NO. The van der Waals surface area contributed by atoms with Gasteiger partial charge in [0.2, 0.25) is 0 Å². The van der Waals surface area contributed by atoms with Crippen molar-refractivity contribution in [3.05, 3.63) is 34.9 Å². The highest BCUT2D eigenvalue weighted by Gasteiger charge is 2.17. The maximum atomic E-state index is 13.4. The average molecular weight is 238 g/mol. The predicted octanol–water partition coefficient (Wildman–Crippen LogP) is 2.08. The molecule has 0 radical (unpaired) electrons. The number of hydrogen-bond acceptors (Lipinski definition) is 2. The zero-order valence-electron chi connectivity index (χ0n) is 8.34. The molecule has 1 atom stereocenters. The van der Waals surface area contributed by atoms with E-state index in [-0.39, 0.29) is 31.0 Å². The topological polar surface area (TPSA) is 46.2 Å². The average Bonchev–Trinajstić information content (AvgIpc) is 2.13. The molecule has 1 aromatic rings. The second kappa shape index (κ2) is 6.00. The van der Waals surface area contributed by atoms with E-state index in [1.165, 1.54) is 12.1 Å². The summed E-state index contributed by atoms with van der Waals surface area (Å²) in [5.41, 5.74) is 5.75. The lowest BCUT2D eigenvalue weighted by atomic mass is 10.0. The van der Waals surface area contributed by atoms with Gasteiger partial charge in [0.05, 0.1) is 0 Å². The van der Waals surface area contributed by atoms with Crippen molar-refractivity contribution in [3.63, 3.8) is 0 Å². The summed E-state index contributed by atoms with van der Waals surface area (Å²) < 4.78 is 26.6. The van der Waals surface area contributed by atoms with Crippen molar-refractivity contribution in [2.24, 2.45) is 5.73 Å². The van der Waals surface area contributed by atoms with E-state index in [2.05, 4.69) is 0 Å². The minimum atomic E-state index is -0.792. The fourth-order valence-corrected chi connectivity index (χ4v) is 1.30. The van der Waals surface area contributed by atoms with Crippen molar-refractivity contribution in [1.29, 1.82) is 0 Å². The molecule has 0 aliphatic carbocycles. The lowest BCUT2D eigenvalue weighted by Gasteiger charge is -2.13. The first-order chi connectivity index (χ1) is 6.57. The van der Waals surface area contributed by atoms with E-state index in [9.17, 15) is 8.78 Å². The number of benzene rings is 1. The summed E-state index contributed by atoms with van der Waals surface area (Å²) in [6.07, 6.45) is 0.150. The van der Waals surface area contributed by atoms with Crippen LogP contribution in [-0.2, 0) is 0 Å². The first-order valence-electron chi connectivity index (χ1n) is 4.39. The Morgan fingerprint density at radius 2 is 2.00 bits per heavy atom. The van der Waals surface area contributed by atoms with E-state index in [4.69, 9.17) is 10.8 Å². The van der Waals surface area contributed by atoms with Crippen molar-refractivity contribution >= 4 is 12.4 Å². The second-order valence-electron chi connectivity index (χ2n) is 3.21. The van der Waals surface area contributed by atoms with E-state index in [0.717, 1.165) is 0 Å². The standard InChI is InChI=1S/C10H13F2NO.ClH/c1-6-2-3-7(11)9(10(6)12)8(13)4-5-14;/h2-3,8,14H,4-5,13H2,1H3;1H/t8-;/m0./s1. The van der Waals surface area contributed by atoms with Gasteiger partial charge in [-0.05, 0) is 25.0 Å². The van der Waals surface area contributed by atoms with Crippen LogP contribution in [0.1, 0.15) is 23.6 Å². The number of rotatable bonds is 3. The lowest BCUT2D eigenvalue weighted by molar-refractivity contribution is 0.274. The molecule has 0 aliphatic heterocycles. The number of aryl methyl sites for hydroxylation is 1. The zero-order chi connectivity index (χ0) is 10.7. The van der Waals surface area contributed by atoms with Crippen molar-refractivity contribution in [1.82, 2.24) is 0 Å². The van der Waals surface area contributed by atoms with E-state index in [1.54, 1.807) is 6.92 Å². The third-order valence-electron chi connectivity index (χ3n) is 2.13. The monoisotopic (exact) mass is 237 g/mol. The van der Waals surface area contributed by atoms with E-state index >= 15 is 0 Å². The molecule has 0 spiro atoms. The van der Waals surface area contributed by atoms with Gasteiger partial charge >= 0.3 is 0 Å². The predicted molar refractivity (Wildman–Crippen MR) is 57.0 cm³/mol. The van der Waals surface area contributed by atoms with Crippen molar-refractivity contribution in [2.45, 2.75) is 19.4 Å². The molecule has 86 valence electrons. The van der Waals surface area contributed by atoms with Crippen LogP contribution in [-0.4, -0.2) is 11.7 Å². The van der Waals surface area contributed by atoms with Crippen LogP contribution < -0.4 is 5.73 Å². The van der Waals surface area contributed by atoms with Crippen LogP contribution in [0.5, 0.6) is 0 Å². The molecule has 0 unspecified atom stereocenters. The molecule has 0 aromatic heterocycles. The van der Waals surface area contributed by atoms with Gasteiger partial charge in [0, 0.05) is 18.2 Å². The minimum Gasteiger partial charge on any atom is -0.396 e. The first kappa shape index (κ1) is 14.3. The van der Waals surface area contributed by atoms with Crippen LogP contribution in [0.2, 0.25) is 0 Å². The van der Waals surface area contributed by atoms with Crippen LogP contribution in [0, 0.1) is 18.6 Å². The first-order valence-corrected chi connectivity index (χ1v) is 4.39. The van der Waals surface area contributed by atoms with Gasteiger partial charge in [-0.15, -0.1) is 12.4 Å². The summed E-state index contributed by atoms with van der Waals surface area (Å²) in [5.74, 6) is -1.28. The van der Waals surface area contributed by atoms with Gasteiger partial charge in [0.15, 0.2) is 0 Å². The van der Waals surface area contributed by atoms with E-state index in [1.807, 2.05) is 0 Å². The van der Waals surface area contributed by atoms with Gasteiger partial charge < -0.3 is 10.8 Å². The van der Waals surface area contributed by atoms with Gasteiger partial charge in [0.1, 0.15) is 11.6 Å². The lowest BCUT2D eigenvalue weighted by Crippen LogP contribution is -2.16. The molecule has 1 aromatic carbocycles. The van der Waals surface area contributed by atoms with Crippen LogP contribution in [0.3, 0.4) is 0 Å². The molecule has 0 amide bonds. The van der Waals surface area contributed by atoms with E-state index < -0.39 is 17.7 Å². The van der Waals surface area contributed by atoms with Crippen molar-refractivity contribution in [2.75, 3.05) is 6.61 Å². The molecule has 3 N–H and O–H groups in total. The maximum Gasteiger partial charge on any atom is 0.133 e. The van der Waals surface area contributed by atoms with E-state index in [0.29, 0.717) is 5.56 Å². The van der Waals surface area contributed by atoms with Crippen molar-refractivity contribution < 1.29 is 13.9 Å². The third kappa shape index (κ3) is 3.12. The number of nitrogens with two attached hydrogens (primary N) is 1. The highest BCUT2D eigenvalue weighted by Crippen LogP contribution is 2.23. The number of aliphatic hydroxyl groups excluding tert-OH is 1. The normalized spacial score (nSPS) is 12.1. The fourth-order valence-electron chi connectivity index (χ4n) is 1.30. The molecule has 0 saturated heterocycles. The molecule has 0 aliphatic rings. The maximum absolute atomic E-state index is 13.4. The minimum absolute atomic E-state index is 0. The molecule has 1 rings (SSSR count). The molecule has 2 nitrogen and oxygen atoms in total. The smallest absolute Gasteiger partial charge is 0.133 e. The van der Waals surface area contributed by atoms with Gasteiger partial charge in [-0.3, -0.25) is 0 Å². The van der Waals surface area contributed by atoms with Gasteiger partial charge in [0.25, 0.3) is 0 Å². The number of hydrogen-bond donors (Lipinski definition) is 2. The Kier molecular flexibility index (Phi) is 5.72. The molecule has 0 saturated carbocycles. The summed E-state index contributed by atoms with van der Waals surface area (Å²) >= 11 is 0. The Labute approximate surface area is 93.5 Å². The summed E-state index contributed by atoms with van der Waals surface area (Å²) in [6, 6.07) is 1.75. The summed E-state index contributed by atoms with van der Waals surface area (Å²) in [4.78, 5) is 0. The Bertz CT molecular complexity index is 333. The van der Waals surface area contributed by atoms with Crippen LogP contribution in [0.15, 0.2) is 12.1 Å². The Morgan fingerprint density at radius 1 is 1.40 bits per heavy atom. The van der Waals surface area contributed by atoms with Gasteiger partial charge in [-0.25, -0.2) is 8.78 Å². The quantitative estimate of drug-likeness (QED) is 0.846. The van der Waals surface area contributed by atoms with Gasteiger partial charge in [-0.1, -0.05) is 6.07 Å². The van der Waals surface area contributed by atoms with Crippen LogP contribution in [0.4, 0.5) is 8.78 Å². The van der Waals surface area contributed by atoms with Crippen molar-refractivity contribution in [3.8, 4) is 0 Å². The Hall–Kier alpha value is -0.710. The third-order valence-corrected chi connectivity index (χ3v) is 2.13. The number of aliphatic hydroxyl groups is 1. The molecular weight excluding hydrogens is 224 g/mol. The molecule has 15 heavy (non-hydrogen) atoms. The number of halogens is 3. The second-order valence-corrected chi connectivity index (χ2v) is 3.21.